The van der Waals surface area contributed by atoms with Gasteiger partial charge in [0.1, 0.15) is 11.5 Å². The first-order valence-corrected chi connectivity index (χ1v) is 12.1. The number of rotatable bonds is 9. The summed E-state index contributed by atoms with van der Waals surface area (Å²) in [6.45, 7) is 9.64. The number of hydrogen-bond acceptors (Lipinski definition) is 8. The van der Waals surface area contributed by atoms with Crippen molar-refractivity contribution in [1.82, 2.24) is 14.8 Å². The minimum Gasteiger partial charge on any atom is -0.507 e. The first-order chi connectivity index (χ1) is 17.6. The lowest BCUT2D eigenvalue weighted by molar-refractivity contribution is -0.140. The second kappa shape index (κ2) is 11.4. The van der Waals surface area contributed by atoms with E-state index in [0.717, 1.165) is 13.1 Å². The van der Waals surface area contributed by atoms with Gasteiger partial charge in [-0.25, -0.2) is 9.59 Å². The average Bonchev–Trinajstić information content (AvgIpc) is 3.35. The molecule has 0 radical (unpaired) electrons. The highest BCUT2D eigenvalue weighted by atomic mass is 16.5. The van der Waals surface area contributed by atoms with Crippen molar-refractivity contribution < 1.29 is 33.8 Å². The number of amides is 1. The van der Waals surface area contributed by atoms with E-state index >= 15 is 0 Å². The van der Waals surface area contributed by atoms with E-state index in [1.54, 1.807) is 38.1 Å². The van der Waals surface area contributed by atoms with E-state index in [-0.39, 0.29) is 29.1 Å². The number of carbonyl (C=O) groups is 4. The highest BCUT2D eigenvalue weighted by molar-refractivity contribution is 6.46. The number of Topliss-reactive ketones (excluding diaryl/α,β-unsaturated/α-hetero) is 1. The van der Waals surface area contributed by atoms with Gasteiger partial charge in [-0.3, -0.25) is 9.59 Å². The van der Waals surface area contributed by atoms with Crippen LogP contribution in [0.15, 0.2) is 29.8 Å². The van der Waals surface area contributed by atoms with Gasteiger partial charge in [0.25, 0.3) is 11.7 Å². The number of esters is 2. The van der Waals surface area contributed by atoms with E-state index in [9.17, 15) is 24.3 Å². The van der Waals surface area contributed by atoms with Gasteiger partial charge in [-0.2, -0.15) is 0 Å². The predicted molar refractivity (Wildman–Crippen MR) is 136 cm³/mol. The Bertz CT molecular complexity index is 1240. The summed E-state index contributed by atoms with van der Waals surface area (Å²) >= 11 is 0. The minimum absolute atomic E-state index is 0.0861. The molecular weight excluding hydrogens is 478 g/mol. The number of aliphatic hydroxyl groups is 1. The van der Waals surface area contributed by atoms with E-state index in [1.165, 1.54) is 19.1 Å². The maximum absolute atomic E-state index is 13.3. The van der Waals surface area contributed by atoms with Gasteiger partial charge in [0.15, 0.2) is 0 Å². The zero-order valence-electron chi connectivity index (χ0n) is 22.0. The normalized spacial score (nSPS) is 16.9. The molecule has 1 fully saturated rings. The Hall–Kier alpha value is -3.92. The zero-order valence-corrected chi connectivity index (χ0v) is 22.0. The number of carbonyl (C=O) groups excluding carboxylic acids is 4. The Morgan fingerprint density at radius 3 is 2.16 bits per heavy atom. The second-order valence-electron chi connectivity index (χ2n) is 8.75. The van der Waals surface area contributed by atoms with Crippen LogP contribution in [0.1, 0.15) is 63.1 Å². The number of nitrogens with zero attached hydrogens (tertiary/aromatic N) is 2. The van der Waals surface area contributed by atoms with Crippen LogP contribution in [0, 0.1) is 13.8 Å². The quantitative estimate of drug-likeness (QED) is 0.228. The van der Waals surface area contributed by atoms with Crippen LogP contribution < -0.4 is 0 Å². The molecule has 1 amide bonds. The minimum atomic E-state index is -0.891. The molecule has 0 spiro atoms. The molecule has 1 aliphatic rings. The lowest BCUT2D eigenvalue weighted by atomic mass is 9.93. The Morgan fingerprint density at radius 1 is 1.03 bits per heavy atom. The smallest absolute Gasteiger partial charge is 0.354 e. The van der Waals surface area contributed by atoms with Crippen molar-refractivity contribution in [3.05, 3.63) is 63.5 Å². The van der Waals surface area contributed by atoms with E-state index < -0.39 is 29.7 Å². The van der Waals surface area contributed by atoms with Crippen molar-refractivity contribution in [3.8, 4) is 0 Å². The number of likely N-dealkylation sites (tertiary alicyclic amines) is 1. The Morgan fingerprint density at radius 2 is 1.62 bits per heavy atom. The van der Waals surface area contributed by atoms with Crippen molar-refractivity contribution in [2.75, 3.05) is 40.4 Å². The fraction of sp³-hybridized carbons (Fsp3) is 0.407. The lowest BCUT2D eigenvalue weighted by Crippen LogP contribution is -2.38. The number of aromatic amines is 1. The molecule has 10 heteroatoms. The first-order valence-electron chi connectivity index (χ1n) is 12.1. The van der Waals surface area contributed by atoms with Gasteiger partial charge in [-0.1, -0.05) is 26.0 Å². The molecular formula is C27H33N3O7. The number of H-pyrrole nitrogens is 1. The Labute approximate surface area is 215 Å². The van der Waals surface area contributed by atoms with Crippen LogP contribution in [-0.4, -0.2) is 83.9 Å². The summed E-state index contributed by atoms with van der Waals surface area (Å²) in [7, 11) is 2.53. The molecule has 10 nitrogen and oxygen atoms in total. The molecule has 0 unspecified atom stereocenters. The molecule has 0 aliphatic carbocycles. The number of aryl methyl sites for hydroxylation is 1. The fourth-order valence-electron chi connectivity index (χ4n) is 4.71. The largest absolute Gasteiger partial charge is 0.507 e. The summed E-state index contributed by atoms with van der Waals surface area (Å²) < 4.78 is 9.58. The molecule has 3 rings (SSSR count). The van der Waals surface area contributed by atoms with Gasteiger partial charge in [-0.15, -0.1) is 0 Å². The Kier molecular flexibility index (Phi) is 8.54. The summed E-state index contributed by atoms with van der Waals surface area (Å²) in [5.41, 5.74) is 2.03. The summed E-state index contributed by atoms with van der Waals surface area (Å²) in [6, 6.07) is 5.48. The molecule has 1 atom stereocenters. The summed E-state index contributed by atoms with van der Waals surface area (Å²) in [5.74, 6) is -3.06. The summed E-state index contributed by atoms with van der Waals surface area (Å²) in [5, 5.41) is 11.5. The molecule has 1 aliphatic heterocycles. The number of aliphatic hydroxyl groups excluding tert-OH is 1. The highest BCUT2D eigenvalue weighted by Gasteiger charge is 2.46. The number of nitrogens with one attached hydrogen (secondary N) is 1. The number of ether oxygens (including phenoxy) is 2. The molecule has 198 valence electrons. The van der Waals surface area contributed by atoms with E-state index in [2.05, 4.69) is 9.88 Å². The second-order valence-corrected chi connectivity index (χ2v) is 8.75. The van der Waals surface area contributed by atoms with Crippen LogP contribution in [-0.2, 0) is 19.1 Å². The van der Waals surface area contributed by atoms with E-state index in [4.69, 9.17) is 9.47 Å². The van der Waals surface area contributed by atoms with Crippen LogP contribution in [0.5, 0.6) is 0 Å². The third-order valence-electron chi connectivity index (χ3n) is 6.80. The average molecular weight is 512 g/mol. The van der Waals surface area contributed by atoms with Crippen molar-refractivity contribution in [1.29, 1.82) is 0 Å². The first kappa shape index (κ1) is 27.7. The number of likely N-dealkylation sites (N-methyl/N-ethyl adjacent to an activating group) is 1. The van der Waals surface area contributed by atoms with Crippen LogP contribution in [0.3, 0.4) is 0 Å². The number of ketones is 1. The van der Waals surface area contributed by atoms with E-state index in [1.807, 2.05) is 13.8 Å². The molecule has 0 saturated carbocycles. The molecule has 1 saturated heterocycles. The third-order valence-corrected chi connectivity index (χ3v) is 6.80. The SMILES string of the molecule is CCN(CC)CCN1C(=O)C(=O)C(=C(O)c2c(C)[nH]c(C(=O)OC)c2C)[C@H]1c1ccc(C(=O)OC)cc1. The standard InChI is InChI=1S/C27H33N3O7/c1-7-29(8-2)13-14-30-22(17-9-11-18(12-10-17)26(34)36-5)20(24(32)25(30)33)23(31)19-15(3)21(27(35)37-6)28-16(19)4/h9-12,22,28,31H,7-8,13-14H2,1-6H3/t22-/m1/s1. The van der Waals surface area contributed by atoms with Crippen molar-refractivity contribution in [3.63, 3.8) is 0 Å². The summed E-state index contributed by atoms with van der Waals surface area (Å²) in [4.78, 5) is 57.2. The van der Waals surface area contributed by atoms with Crippen LogP contribution in [0.2, 0.25) is 0 Å². The number of hydrogen-bond donors (Lipinski definition) is 2. The van der Waals surface area contributed by atoms with Gasteiger partial charge >= 0.3 is 11.9 Å². The van der Waals surface area contributed by atoms with Crippen molar-refractivity contribution in [2.24, 2.45) is 0 Å². The van der Waals surface area contributed by atoms with E-state index in [0.29, 0.717) is 28.9 Å². The molecule has 2 N–H and O–H groups in total. The third kappa shape index (κ3) is 5.15. The maximum Gasteiger partial charge on any atom is 0.354 e. The number of methoxy groups -OCH3 is 2. The molecule has 2 aromatic rings. The maximum atomic E-state index is 13.3. The predicted octanol–water partition coefficient (Wildman–Crippen LogP) is 2.97. The number of benzene rings is 1. The molecule has 1 aromatic heterocycles. The monoisotopic (exact) mass is 511 g/mol. The van der Waals surface area contributed by atoms with Crippen molar-refractivity contribution in [2.45, 2.75) is 33.7 Å². The molecule has 0 bridgehead atoms. The van der Waals surface area contributed by atoms with Crippen molar-refractivity contribution >= 4 is 29.4 Å². The van der Waals surface area contributed by atoms with Crippen LogP contribution in [0.4, 0.5) is 0 Å². The highest BCUT2D eigenvalue weighted by Crippen LogP contribution is 2.40. The topological polar surface area (TPSA) is 129 Å². The molecule has 2 heterocycles. The molecule has 1 aromatic carbocycles. The van der Waals surface area contributed by atoms with Gasteiger partial charge in [0.2, 0.25) is 0 Å². The van der Waals surface area contributed by atoms with Gasteiger partial charge in [0.05, 0.1) is 31.4 Å². The summed E-state index contributed by atoms with van der Waals surface area (Å²) in [6.07, 6.45) is 0. The lowest BCUT2D eigenvalue weighted by Gasteiger charge is -2.28. The molecule has 37 heavy (non-hydrogen) atoms. The fourth-order valence-corrected chi connectivity index (χ4v) is 4.71. The Balaban J connectivity index is 2.18. The van der Waals surface area contributed by atoms with Gasteiger partial charge < -0.3 is 29.4 Å². The zero-order chi connectivity index (χ0) is 27.4. The number of aromatic nitrogens is 1. The van der Waals surface area contributed by atoms with Gasteiger partial charge in [0, 0.05) is 24.3 Å². The van der Waals surface area contributed by atoms with Crippen LogP contribution in [0.25, 0.3) is 5.76 Å². The van der Waals surface area contributed by atoms with Crippen LogP contribution >= 0.6 is 0 Å². The van der Waals surface area contributed by atoms with Gasteiger partial charge in [-0.05, 0) is 50.2 Å².